The van der Waals surface area contributed by atoms with E-state index in [-0.39, 0.29) is 0 Å². The van der Waals surface area contributed by atoms with Crippen molar-refractivity contribution in [2.75, 3.05) is 0 Å². The molecule has 258 valence electrons. The molecule has 0 saturated heterocycles. The summed E-state index contributed by atoms with van der Waals surface area (Å²) in [5, 5.41) is 0. The maximum Gasteiger partial charge on any atom is 0.164 e. The lowest BCUT2D eigenvalue weighted by Crippen LogP contribution is -2.29. The van der Waals surface area contributed by atoms with E-state index in [9.17, 15) is 0 Å². The van der Waals surface area contributed by atoms with Crippen molar-refractivity contribution in [3.63, 3.8) is 0 Å². The van der Waals surface area contributed by atoms with Crippen LogP contribution in [-0.2, 0) is 5.41 Å². The van der Waals surface area contributed by atoms with Crippen LogP contribution in [0.15, 0.2) is 212 Å². The van der Waals surface area contributed by atoms with Crippen LogP contribution in [0.5, 0.6) is 0 Å². The Bertz CT molecular complexity index is 2720. The van der Waals surface area contributed by atoms with Gasteiger partial charge in [0.2, 0.25) is 0 Å². The van der Waals surface area contributed by atoms with E-state index in [4.69, 9.17) is 15.0 Å². The Morgan fingerprint density at radius 1 is 0.255 bits per heavy atom. The molecule has 0 aliphatic heterocycles. The van der Waals surface area contributed by atoms with E-state index in [1.165, 1.54) is 44.5 Å². The average molecular weight is 702 g/mol. The number of nitrogens with zero attached hydrogens (tertiary/aromatic N) is 3. The maximum absolute atomic E-state index is 5.07. The van der Waals surface area contributed by atoms with E-state index in [1.54, 1.807) is 0 Å². The van der Waals surface area contributed by atoms with Crippen molar-refractivity contribution in [3.8, 4) is 67.5 Å². The van der Waals surface area contributed by atoms with Gasteiger partial charge in [0.25, 0.3) is 0 Å². The minimum Gasteiger partial charge on any atom is -0.208 e. The van der Waals surface area contributed by atoms with Gasteiger partial charge in [-0.2, -0.15) is 0 Å². The van der Waals surface area contributed by atoms with Crippen LogP contribution < -0.4 is 0 Å². The summed E-state index contributed by atoms with van der Waals surface area (Å²) in [5.74, 6) is 1.92. The molecule has 0 unspecified atom stereocenters. The van der Waals surface area contributed by atoms with Crippen LogP contribution in [0.3, 0.4) is 0 Å². The van der Waals surface area contributed by atoms with Crippen LogP contribution in [0.4, 0.5) is 0 Å². The summed E-state index contributed by atoms with van der Waals surface area (Å²) in [7, 11) is 0. The number of benzene rings is 8. The molecule has 1 aromatic heterocycles. The van der Waals surface area contributed by atoms with Crippen molar-refractivity contribution in [2.45, 2.75) is 5.41 Å². The largest absolute Gasteiger partial charge is 0.208 e. The van der Waals surface area contributed by atoms with E-state index >= 15 is 0 Å². The summed E-state index contributed by atoms with van der Waals surface area (Å²) < 4.78 is 0. The second kappa shape index (κ2) is 13.6. The van der Waals surface area contributed by atoms with Crippen LogP contribution in [0.2, 0.25) is 0 Å². The molecule has 0 spiro atoms. The Kier molecular flexibility index (Phi) is 8.04. The van der Waals surface area contributed by atoms with E-state index in [1.807, 2.05) is 36.4 Å². The summed E-state index contributed by atoms with van der Waals surface area (Å²) in [6, 6.07) is 75.3. The Balaban J connectivity index is 1.10. The molecule has 1 aliphatic carbocycles. The molecule has 1 aliphatic rings. The van der Waals surface area contributed by atoms with Gasteiger partial charge in [0, 0.05) is 16.7 Å². The molecule has 0 saturated carbocycles. The lowest BCUT2D eigenvalue weighted by molar-refractivity contribution is 0.770. The number of hydrogen-bond acceptors (Lipinski definition) is 3. The average Bonchev–Trinajstić information content (AvgIpc) is 3.59. The van der Waals surface area contributed by atoms with Gasteiger partial charge < -0.3 is 0 Å². The predicted molar refractivity (Wildman–Crippen MR) is 224 cm³/mol. The highest BCUT2D eigenvalue weighted by molar-refractivity contribution is 5.92. The minimum atomic E-state index is -0.493. The summed E-state index contributed by atoms with van der Waals surface area (Å²) in [5.41, 5.74) is 14.6. The summed E-state index contributed by atoms with van der Waals surface area (Å²) >= 11 is 0. The Hall–Kier alpha value is -7.23. The smallest absolute Gasteiger partial charge is 0.164 e. The fourth-order valence-electron chi connectivity index (χ4n) is 8.34. The van der Waals surface area contributed by atoms with Gasteiger partial charge in [0.15, 0.2) is 17.5 Å². The molecule has 0 bridgehead atoms. The van der Waals surface area contributed by atoms with E-state index in [0.717, 1.165) is 27.8 Å². The molecule has 0 radical (unpaired) electrons. The molecule has 1 heterocycles. The molecule has 55 heavy (non-hydrogen) atoms. The fourth-order valence-corrected chi connectivity index (χ4v) is 8.34. The highest BCUT2D eigenvalue weighted by Gasteiger charge is 2.47. The van der Waals surface area contributed by atoms with Gasteiger partial charge in [-0.1, -0.05) is 212 Å². The molecule has 0 N–H and O–H groups in total. The Labute approximate surface area is 321 Å². The van der Waals surface area contributed by atoms with Gasteiger partial charge in [-0.05, 0) is 55.6 Å². The van der Waals surface area contributed by atoms with Crippen LogP contribution in [0.1, 0.15) is 22.3 Å². The summed E-state index contributed by atoms with van der Waals surface area (Å²) in [4.78, 5) is 15.1. The summed E-state index contributed by atoms with van der Waals surface area (Å²) in [6.45, 7) is 0. The molecule has 0 amide bonds. The molecule has 8 aromatic carbocycles. The Morgan fingerprint density at radius 2 is 0.618 bits per heavy atom. The highest BCUT2D eigenvalue weighted by Crippen LogP contribution is 2.58. The quantitative estimate of drug-likeness (QED) is 0.166. The SMILES string of the molecule is c1ccc(-c2ccc(-c3nc(-c4ccccc4)nc(-c4ccc(-c5cccc6c5C(c5ccccc5)(c5ccccc5)c5ccccc5-6)cc4)n3)cc2)cc1. The zero-order valence-electron chi connectivity index (χ0n) is 30.0. The first-order valence-electron chi connectivity index (χ1n) is 18.7. The highest BCUT2D eigenvalue weighted by atomic mass is 15.0. The third-order valence-corrected chi connectivity index (χ3v) is 10.8. The molecule has 3 heteroatoms. The van der Waals surface area contributed by atoms with Crippen molar-refractivity contribution < 1.29 is 0 Å². The first-order chi connectivity index (χ1) is 27.3. The molecule has 0 atom stereocenters. The van der Waals surface area contributed by atoms with Crippen molar-refractivity contribution >= 4 is 0 Å². The van der Waals surface area contributed by atoms with Gasteiger partial charge in [-0.25, -0.2) is 15.0 Å². The van der Waals surface area contributed by atoms with Crippen molar-refractivity contribution in [2.24, 2.45) is 0 Å². The van der Waals surface area contributed by atoms with Gasteiger partial charge in [0.1, 0.15) is 0 Å². The van der Waals surface area contributed by atoms with Crippen molar-refractivity contribution in [1.29, 1.82) is 0 Å². The summed E-state index contributed by atoms with van der Waals surface area (Å²) in [6.07, 6.45) is 0. The fraction of sp³-hybridized carbons (Fsp3) is 0.0192. The molecule has 0 fully saturated rings. The zero-order chi connectivity index (χ0) is 36.6. The monoisotopic (exact) mass is 701 g/mol. The van der Waals surface area contributed by atoms with Gasteiger partial charge >= 0.3 is 0 Å². The van der Waals surface area contributed by atoms with Crippen LogP contribution >= 0.6 is 0 Å². The molecule has 3 nitrogen and oxygen atoms in total. The lowest BCUT2D eigenvalue weighted by atomic mass is 9.66. The first-order valence-corrected chi connectivity index (χ1v) is 18.7. The van der Waals surface area contributed by atoms with Crippen LogP contribution in [-0.4, -0.2) is 15.0 Å². The third kappa shape index (κ3) is 5.57. The van der Waals surface area contributed by atoms with E-state index < -0.39 is 5.41 Å². The number of aromatic nitrogens is 3. The van der Waals surface area contributed by atoms with E-state index in [2.05, 4.69) is 176 Å². The number of rotatable bonds is 7. The van der Waals surface area contributed by atoms with E-state index in [0.29, 0.717) is 17.5 Å². The number of hydrogen-bond donors (Lipinski definition) is 0. The van der Waals surface area contributed by atoms with Gasteiger partial charge in [-0.15, -0.1) is 0 Å². The topological polar surface area (TPSA) is 38.7 Å². The van der Waals surface area contributed by atoms with Crippen LogP contribution in [0, 0.1) is 0 Å². The second-order valence-corrected chi connectivity index (χ2v) is 13.9. The first kappa shape index (κ1) is 32.4. The molecular formula is C52H35N3. The maximum atomic E-state index is 5.07. The normalized spacial score (nSPS) is 12.5. The zero-order valence-corrected chi connectivity index (χ0v) is 30.0. The molecule has 10 rings (SSSR count). The molecule has 9 aromatic rings. The van der Waals surface area contributed by atoms with Gasteiger partial charge in [-0.3, -0.25) is 0 Å². The third-order valence-electron chi connectivity index (χ3n) is 10.8. The minimum absolute atomic E-state index is 0.493. The van der Waals surface area contributed by atoms with Crippen molar-refractivity contribution in [3.05, 3.63) is 235 Å². The second-order valence-electron chi connectivity index (χ2n) is 13.9. The Morgan fingerprint density at radius 3 is 1.16 bits per heavy atom. The predicted octanol–water partition coefficient (Wildman–Crippen LogP) is 12.6. The lowest BCUT2D eigenvalue weighted by Gasteiger charge is -2.35. The number of fused-ring (bicyclic) bond motifs is 3. The van der Waals surface area contributed by atoms with Crippen LogP contribution in [0.25, 0.3) is 67.5 Å². The molecular weight excluding hydrogens is 667 g/mol. The van der Waals surface area contributed by atoms with Gasteiger partial charge in [0.05, 0.1) is 5.41 Å². The van der Waals surface area contributed by atoms with Crippen molar-refractivity contribution in [1.82, 2.24) is 15.0 Å². The standard InChI is InChI=1S/C52H35N3/c1-5-16-36(17-6-1)37-28-32-40(33-29-37)50-53-49(39-18-7-2-8-19-39)54-51(55-50)41-34-30-38(31-35-41)44-25-15-26-46-45-24-13-14-27-47(45)52(48(44)46,42-20-9-3-10-21-42)43-22-11-4-12-23-43/h1-35H.